The Labute approximate surface area is 183 Å². The molecule has 33 heavy (non-hydrogen) atoms. The second-order valence-electron chi connectivity index (χ2n) is 6.94. The predicted molar refractivity (Wildman–Crippen MR) is 112 cm³/mol. The number of hydrogen-bond donors (Lipinski definition) is 2. The van der Waals surface area contributed by atoms with E-state index in [0.29, 0.717) is 6.07 Å². The first kappa shape index (κ1) is 22.4. The molecule has 2 heterocycles. The summed E-state index contributed by atoms with van der Waals surface area (Å²) in [6.45, 7) is -1.18. The van der Waals surface area contributed by atoms with Crippen molar-refractivity contribution in [3.05, 3.63) is 82.2 Å². The van der Waals surface area contributed by atoms with Crippen molar-refractivity contribution in [3.63, 3.8) is 0 Å². The van der Waals surface area contributed by atoms with Gasteiger partial charge in [0.1, 0.15) is 18.4 Å². The van der Waals surface area contributed by atoms with Crippen molar-refractivity contribution in [2.75, 3.05) is 24.8 Å². The maximum absolute atomic E-state index is 14.7. The summed E-state index contributed by atoms with van der Waals surface area (Å²) in [6, 6.07) is 8.35. The third-order valence-corrected chi connectivity index (χ3v) is 4.92. The molecule has 0 aliphatic heterocycles. The number of anilines is 1. The number of aliphatic hydroxyl groups is 2. The molecule has 4 rings (SSSR count). The van der Waals surface area contributed by atoms with Gasteiger partial charge in [0.05, 0.1) is 18.0 Å². The van der Waals surface area contributed by atoms with Gasteiger partial charge in [0.25, 0.3) is 5.56 Å². The topological polar surface area (TPSA) is 91.5 Å². The lowest BCUT2D eigenvalue weighted by Crippen LogP contribution is -2.30. The van der Waals surface area contributed by atoms with Gasteiger partial charge < -0.3 is 15.1 Å². The van der Waals surface area contributed by atoms with Crippen LogP contribution in [0.1, 0.15) is 0 Å². The van der Waals surface area contributed by atoms with Gasteiger partial charge in [-0.15, -0.1) is 0 Å². The number of pyridine rings is 1. The van der Waals surface area contributed by atoms with E-state index >= 15 is 0 Å². The minimum Gasteiger partial charge on any atom is -0.395 e. The maximum atomic E-state index is 14.7. The van der Waals surface area contributed by atoms with Crippen molar-refractivity contribution >= 4 is 17.0 Å². The molecule has 0 amide bonds. The molecule has 11 heteroatoms. The lowest BCUT2D eigenvalue weighted by Gasteiger charge is -2.21. The van der Waals surface area contributed by atoms with Gasteiger partial charge in [-0.2, -0.15) is 4.98 Å². The highest BCUT2D eigenvalue weighted by Gasteiger charge is 2.21. The average molecular weight is 460 g/mol. The molecule has 0 radical (unpaired) electrons. The fourth-order valence-corrected chi connectivity index (χ4v) is 3.38. The summed E-state index contributed by atoms with van der Waals surface area (Å²) in [7, 11) is 0. The molecule has 2 N–H and O–H groups in total. The van der Waals surface area contributed by atoms with E-state index in [9.17, 15) is 32.6 Å². The Hall–Kier alpha value is -3.83. The van der Waals surface area contributed by atoms with Gasteiger partial charge in [-0.3, -0.25) is 9.36 Å². The van der Waals surface area contributed by atoms with E-state index in [4.69, 9.17) is 0 Å². The van der Waals surface area contributed by atoms with Crippen LogP contribution < -0.4 is 10.5 Å². The molecule has 0 aliphatic carbocycles. The van der Waals surface area contributed by atoms with Crippen molar-refractivity contribution in [1.29, 1.82) is 0 Å². The zero-order valence-electron chi connectivity index (χ0n) is 16.8. The SMILES string of the molecule is O=c1ccc2c(-c3ccc(F)cc3F)nc(N(CO)CCO)nc2n1-c1cccc(F)c1F. The zero-order chi connectivity index (χ0) is 23.7. The smallest absolute Gasteiger partial charge is 0.256 e. The van der Waals surface area contributed by atoms with Crippen LogP contribution in [0.3, 0.4) is 0 Å². The van der Waals surface area contributed by atoms with E-state index in [0.717, 1.165) is 39.8 Å². The number of benzene rings is 2. The number of nitrogens with zero attached hydrogens (tertiary/aromatic N) is 4. The van der Waals surface area contributed by atoms with E-state index in [1.165, 1.54) is 12.1 Å². The van der Waals surface area contributed by atoms with E-state index in [2.05, 4.69) is 9.97 Å². The van der Waals surface area contributed by atoms with E-state index in [-0.39, 0.29) is 34.8 Å². The van der Waals surface area contributed by atoms with Gasteiger partial charge in [0.2, 0.25) is 5.95 Å². The summed E-state index contributed by atoms with van der Waals surface area (Å²) in [5.74, 6) is -4.53. The largest absolute Gasteiger partial charge is 0.395 e. The third-order valence-electron chi connectivity index (χ3n) is 4.92. The molecule has 0 unspecified atom stereocenters. The Morgan fingerprint density at radius 1 is 0.939 bits per heavy atom. The Balaban J connectivity index is 2.14. The molecule has 170 valence electrons. The second-order valence-corrected chi connectivity index (χ2v) is 6.94. The van der Waals surface area contributed by atoms with Gasteiger partial charge in [-0.1, -0.05) is 6.07 Å². The molecule has 0 fully saturated rings. The number of aliphatic hydroxyl groups excluding tert-OH is 2. The Morgan fingerprint density at radius 2 is 1.73 bits per heavy atom. The molecule has 0 spiro atoms. The number of halogens is 4. The molecule has 7 nitrogen and oxygen atoms in total. The van der Waals surface area contributed by atoms with E-state index in [1.54, 1.807) is 0 Å². The number of fused-ring (bicyclic) bond motifs is 1. The minimum atomic E-state index is -1.31. The number of rotatable bonds is 6. The third kappa shape index (κ3) is 4.03. The Morgan fingerprint density at radius 3 is 2.42 bits per heavy atom. The van der Waals surface area contributed by atoms with Crippen molar-refractivity contribution in [1.82, 2.24) is 14.5 Å². The average Bonchev–Trinajstić information content (AvgIpc) is 2.79. The van der Waals surface area contributed by atoms with Gasteiger partial charge >= 0.3 is 0 Å². The van der Waals surface area contributed by atoms with E-state index < -0.39 is 47.9 Å². The highest BCUT2D eigenvalue weighted by Crippen LogP contribution is 2.31. The van der Waals surface area contributed by atoms with Crippen molar-refractivity contribution in [2.45, 2.75) is 0 Å². The molecule has 0 saturated carbocycles. The summed E-state index contributed by atoms with van der Waals surface area (Å²) in [6.07, 6.45) is 0. The minimum absolute atomic E-state index is 0.0782. The van der Waals surface area contributed by atoms with Crippen LogP contribution in [0.25, 0.3) is 28.0 Å². The second kappa shape index (κ2) is 8.96. The number of hydrogen-bond acceptors (Lipinski definition) is 6. The van der Waals surface area contributed by atoms with Gasteiger partial charge in [0.15, 0.2) is 17.3 Å². The first-order valence-corrected chi connectivity index (χ1v) is 9.66. The fraction of sp³-hybridized carbons (Fsp3) is 0.136. The maximum Gasteiger partial charge on any atom is 0.256 e. The molecular formula is C22H16F4N4O3. The van der Waals surface area contributed by atoms with Crippen LogP contribution in [-0.4, -0.2) is 44.6 Å². The molecule has 0 saturated heterocycles. The molecule has 2 aromatic carbocycles. The van der Waals surface area contributed by atoms with Crippen LogP contribution >= 0.6 is 0 Å². The van der Waals surface area contributed by atoms with Crippen LogP contribution in [0.4, 0.5) is 23.5 Å². The number of aromatic nitrogens is 3. The predicted octanol–water partition coefficient (Wildman–Crippen LogP) is 2.75. The summed E-state index contributed by atoms with van der Waals surface area (Å²) in [5, 5.41) is 19.1. The molecule has 4 aromatic rings. The first-order chi connectivity index (χ1) is 15.8. The van der Waals surface area contributed by atoms with Crippen molar-refractivity contribution in [3.8, 4) is 16.9 Å². The van der Waals surface area contributed by atoms with E-state index in [1.807, 2.05) is 0 Å². The summed E-state index contributed by atoms with van der Waals surface area (Å²) < 4.78 is 57.5. The molecule has 2 aromatic heterocycles. The van der Waals surface area contributed by atoms with Crippen LogP contribution in [-0.2, 0) is 0 Å². The zero-order valence-corrected chi connectivity index (χ0v) is 16.8. The summed E-state index contributed by atoms with van der Waals surface area (Å²) >= 11 is 0. The standard InChI is InChI=1S/C22H16F4N4O3/c23-12-4-5-13(16(25)10-12)20-14-6-7-18(33)30(17-3-1-2-15(24)19(17)26)21(14)28-22(27-20)29(11-32)8-9-31/h1-7,10,31-32H,8-9,11H2. The summed E-state index contributed by atoms with van der Waals surface area (Å²) in [5.41, 5.74) is -1.67. The molecular weight excluding hydrogens is 444 g/mol. The Kier molecular flexibility index (Phi) is 6.07. The van der Waals surface area contributed by atoms with Crippen LogP contribution in [0.15, 0.2) is 53.3 Å². The van der Waals surface area contributed by atoms with Crippen LogP contribution in [0, 0.1) is 23.3 Å². The lowest BCUT2D eigenvalue weighted by atomic mass is 10.1. The normalized spacial score (nSPS) is 11.2. The van der Waals surface area contributed by atoms with Gasteiger partial charge in [-0.05, 0) is 30.3 Å². The quantitative estimate of drug-likeness (QED) is 0.340. The monoisotopic (exact) mass is 460 g/mol. The van der Waals surface area contributed by atoms with Crippen LogP contribution in [0.2, 0.25) is 0 Å². The highest BCUT2D eigenvalue weighted by atomic mass is 19.2. The van der Waals surface area contributed by atoms with Gasteiger partial charge in [0, 0.05) is 29.6 Å². The molecule has 0 atom stereocenters. The van der Waals surface area contributed by atoms with Gasteiger partial charge in [-0.25, -0.2) is 22.5 Å². The molecule has 0 aliphatic rings. The van der Waals surface area contributed by atoms with Crippen LogP contribution in [0.5, 0.6) is 0 Å². The Bertz CT molecular complexity index is 1410. The van der Waals surface area contributed by atoms with Crippen molar-refractivity contribution < 1.29 is 27.8 Å². The highest BCUT2D eigenvalue weighted by molar-refractivity contribution is 5.92. The molecule has 0 bridgehead atoms. The fourth-order valence-electron chi connectivity index (χ4n) is 3.38. The van der Waals surface area contributed by atoms with Crippen molar-refractivity contribution in [2.24, 2.45) is 0 Å². The summed E-state index contributed by atoms with van der Waals surface area (Å²) in [4.78, 5) is 22.3. The first-order valence-electron chi connectivity index (χ1n) is 9.66. The lowest BCUT2D eigenvalue weighted by molar-refractivity contribution is 0.256.